The van der Waals surface area contributed by atoms with Gasteiger partial charge in [0.15, 0.2) is 0 Å². The molecule has 0 N–H and O–H groups in total. The molecule has 0 aromatic carbocycles. The van der Waals surface area contributed by atoms with Crippen molar-refractivity contribution >= 4 is 35.4 Å². The number of likely N-dealkylation sites (tertiary alicyclic amines) is 2. The Morgan fingerprint density at radius 1 is 0.553 bits per heavy atom. The van der Waals surface area contributed by atoms with E-state index in [1.165, 1.54) is 9.80 Å². The van der Waals surface area contributed by atoms with Gasteiger partial charge in [0.1, 0.15) is 0 Å². The van der Waals surface area contributed by atoms with Crippen LogP contribution in [0.15, 0.2) is 24.3 Å². The van der Waals surface area contributed by atoms with Crippen molar-refractivity contribution in [1.82, 2.24) is 19.6 Å². The second-order valence-electron chi connectivity index (χ2n) is 11.9. The van der Waals surface area contributed by atoms with E-state index in [1.807, 2.05) is 0 Å². The third-order valence-corrected chi connectivity index (χ3v) is 10.2. The molecule has 3 aliphatic heterocycles. The van der Waals surface area contributed by atoms with E-state index in [1.54, 1.807) is 9.80 Å². The molecule has 3 heterocycles. The van der Waals surface area contributed by atoms with Crippen LogP contribution in [0.5, 0.6) is 0 Å². The summed E-state index contributed by atoms with van der Waals surface area (Å²) in [7, 11) is 0. The van der Waals surface area contributed by atoms with Crippen molar-refractivity contribution in [3.05, 3.63) is 24.3 Å². The number of amides is 6. The summed E-state index contributed by atoms with van der Waals surface area (Å²) in [5, 5.41) is 0. The van der Waals surface area contributed by atoms with E-state index in [0.717, 1.165) is 12.8 Å². The molecule has 10 nitrogen and oxygen atoms in total. The summed E-state index contributed by atoms with van der Waals surface area (Å²) >= 11 is 0. The first-order valence-electron chi connectivity index (χ1n) is 14.0. The summed E-state index contributed by atoms with van der Waals surface area (Å²) < 4.78 is 0. The molecule has 4 aliphatic carbocycles. The molecule has 0 spiro atoms. The number of imide groups is 2. The molecule has 8 atom stereocenters. The third-order valence-electron chi connectivity index (χ3n) is 10.2. The van der Waals surface area contributed by atoms with Crippen LogP contribution in [-0.4, -0.2) is 94.3 Å². The largest absolute Gasteiger partial charge is 0.339 e. The zero-order valence-electron chi connectivity index (χ0n) is 21.2. The van der Waals surface area contributed by atoms with Crippen molar-refractivity contribution in [2.24, 2.45) is 47.3 Å². The Hall–Kier alpha value is -3.30. The highest BCUT2D eigenvalue weighted by molar-refractivity contribution is 6.07. The lowest BCUT2D eigenvalue weighted by Gasteiger charge is -2.35. The molecule has 6 amide bonds. The van der Waals surface area contributed by atoms with Crippen molar-refractivity contribution in [1.29, 1.82) is 0 Å². The van der Waals surface area contributed by atoms with Crippen LogP contribution in [0.1, 0.15) is 25.7 Å². The fourth-order valence-electron chi connectivity index (χ4n) is 8.31. The first kappa shape index (κ1) is 23.8. The zero-order chi connectivity index (χ0) is 26.3. The lowest BCUT2D eigenvalue weighted by Crippen LogP contribution is -2.51. The molecular weight excluding hydrogens is 488 g/mol. The molecule has 3 saturated heterocycles. The van der Waals surface area contributed by atoms with Gasteiger partial charge in [-0.2, -0.15) is 0 Å². The number of piperazine rings is 1. The predicted molar refractivity (Wildman–Crippen MR) is 131 cm³/mol. The Morgan fingerprint density at radius 3 is 1.13 bits per heavy atom. The monoisotopic (exact) mass is 520 g/mol. The molecule has 0 aromatic rings. The van der Waals surface area contributed by atoms with Gasteiger partial charge in [0.05, 0.1) is 23.7 Å². The van der Waals surface area contributed by atoms with Gasteiger partial charge in [-0.25, -0.2) is 0 Å². The summed E-state index contributed by atoms with van der Waals surface area (Å²) in [4.78, 5) is 82.9. The summed E-state index contributed by atoms with van der Waals surface area (Å²) in [5.41, 5.74) is 0. The van der Waals surface area contributed by atoms with E-state index in [2.05, 4.69) is 24.3 Å². The Kier molecular flexibility index (Phi) is 5.39. The van der Waals surface area contributed by atoms with E-state index >= 15 is 0 Å². The van der Waals surface area contributed by atoms with Gasteiger partial charge >= 0.3 is 0 Å². The third kappa shape index (κ3) is 3.37. The maximum Gasteiger partial charge on any atom is 0.233 e. The number of rotatable bonds is 6. The van der Waals surface area contributed by atoms with Crippen molar-refractivity contribution < 1.29 is 28.8 Å². The lowest BCUT2D eigenvalue weighted by atomic mass is 9.85. The van der Waals surface area contributed by atoms with Gasteiger partial charge in [0.2, 0.25) is 35.4 Å². The van der Waals surface area contributed by atoms with Gasteiger partial charge in [0, 0.05) is 52.1 Å². The number of allylic oxidation sites excluding steroid dienone is 4. The number of fused-ring (bicyclic) bond motifs is 10. The number of carbonyl (C=O) groups is 6. The van der Waals surface area contributed by atoms with Gasteiger partial charge in [0.25, 0.3) is 0 Å². The predicted octanol–water partition coefficient (Wildman–Crippen LogP) is 0.0516. The van der Waals surface area contributed by atoms with Crippen LogP contribution in [0, 0.1) is 47.3 Å². The Morgan fingerprint density at radius 2 is 0.842 bits per heavy atom. The second-order valence-corrected chi connectivity index (χ2v) is 11.9. The normalized spacial score (nSPS) is 38.3. The average Bonchev–Trinajstić information content (AvgIpc) is 3.76. The maximum atomic E-state index is 12.8. The van der Waals surface area contributed by atoms with E-state index in [-0.39, 0.29) is 109 Å². The molecule has 0 radical (unpaired) electrons. The molecule has 0 aromatic heterocycles. The molecule has 7 aliphatic rings. The van der Waals surface area contributed by atoms with Crippen LogP contribution in [0.3, 0.4) is 0 Å². The smallest absolute Gasteiger partial charge is 0.233 e. The first-order valence-corrected chi connectivity index (χ1v) is 14.0. The fraction of sp³-hybridized carbons (Fsp3) is 0.643. The Bertz CT molecular complexity index is 1050. The van der Waals surface area contributed by atoms with Crippen LogP contribution in [0.4, 0.5) is 0 Å². The van der Waals surface area contributed by atoms with Gasteiger partial charge in [-0.1, -0.05) is 24.3 Å². The molecule has 5 fully saturated rings. The fourth-order valence-corrected chi connectivity index (χ4v) is 8.31. The second kappa shape index (κ2) is 8.61. The van der Waals surface area contributed by atoms with E-state index in [9.17, 15) is 28.8 Å². The number of hydrogen-bond donors (Lipinski definition) is 0. The lowest BCUT2D eigenvalue weighted by molar-refractivity contribution is -0.145. The van der Waals surface area contributed by atoms with Crippen molar-refractivity contribution in [3.63, 3.8) is 0 Å². The molecule has 7 rings (SSSR count). The Labute approximate surface area is 220 Å². The van der Waals surface area contributed by atoms with Gasteiger partial charge in [-0.05, 0) is 36.5 Å². The molecule has 2 saturated carbocycles. The van der Waals surface area contributed by atoms with Gasteiger partial charge in [-0.15, -0.1) is 0 Å². The van der Waals surface area contributed by atoms with Crippen LogP contribution < -0.4 is 0 Å². The summed E-state index contributed by atoms with van der Waals surface area (Å²) in [6.07, 6.45) is 10.2. The van der Waals surface area contributed by atoms with E-state index < -0.39 is 0 Å². The quantitative estimate of drug-likeness (QED) is 0.361. The van der Waals surface area contributed by atoms with Crippen molar-refractivity contribution in [2.45, 2.75) is 25.7 Å². The topological polar surface area (TPSA) is 115 Å². The summed E-state index contributed by atoms with van der Waals surface area (Å²) in [6, 6.07) is 0. The minimum absolute atomic E-state index is 0.0893. The molecule has 0 unspecified atom stereocenters. The van der Waals surface area contributed by atoms with Crippen LogP contribution in [0.2, 0.25) is 0 Å². The molecule has 200 valence electrons. The van der Waals surface area contributed by atoms with Crippen LogP contribution >= 0.6 is 0 Å². The molecule has 10 heteroatoms. The number of carbonyl (C=O) groups excluding carboxylic acids is 6. The zero-order valence-corrected chi connectivity index (χ0v) is 21.2. The standard InChI is InChI=1S/C28H32N4O6/c33-19(5-7-31-25(35)21-15-1-2-16(13-15)22(21)26(31)36)29-9-11-30(12-10-29)20(34)6-8-32-27(37)23-17-3-4-18(14-17)24(23)28(32)38/h1-4,15-18,21-24H,5-14H2/t15-,16-,17-,18-,21-,22-,23+,24+/m0/s1. The molecule has 38 heavy (non-hydrogen) atoms. The first-order chi connectivity index (χ1) is 18.3. The highest BCUT2D eigenvalue weighted by Gasteiger charge is 2.60. The summed E-state index contributed by atoms with van der Waals surface area (Å²) in [6.45, 7) is 1.75. The van der Waals surface area contributed by atoms with Crippen LogP contribution in [-0.2, 0) is 28.8 Å². The van der Waals surface area contributed by atoms with E-state index in [0.29, 0.717) is 26.2 Å². The Balaban J connectivity index is 0.866. The maximum absolute atomic E-state index is 12.8. The van der Waals surface area contributed by atoms with Gasteiger partial charge < -0.3 is 9.80 Å². The van der Waals surface area contributed by atoms with Gasteiger partial charge in [-0.3, -0.25) is 38.6 Å². The molecule has 4 bridgehead atoms. The van der Waals surface area contributed by atoms with Crippen molar-refractivity contribution in [2.75, 3.05) is 39.3 Å². The SMILES string of the molecule is O=C(CCN1C(=O)[C@@H]2[C@@H](C1=O)[C@H]1C=C[C@H]2C1)N1CCN(C(=O)CCN2C(=O)[C@H]3[C@H](C2=O)[C@H]2C=C[C@H]3C2)CC1. The van der Waals surface area contributed by atoms with E-state index in [4.69, 9.17) is 0 Å². The minimum atomic E-state index is -0.250. The molecular formula is C28H32N4O6. The summed E-state index contributed by atoms with van der Waals surface area (Å²) in [5.74, 6) is -1.18. The average molecular weight is 521 g/mol. The highest BCUT2D eigenvalue weighted by atomic mass is 16.2. The number of hydrogen-bond acceptors (Lipinski definition) is 6. The van der Waals surface area contributed by atoms with Crippen LogP contribution in [0.25, 0.3) is 0 Å². The van der Waals surface area contributed by atoms with Crippen molar-refractivity contribution in [3.8, 4) is 0 Å². The minimum Gasteiger partial charge on any atom is -0.339 e. The number of nitrogens with zero attached hydrogens (tertiary/aromatic N) is 4. The highest BCUT2D eigenvalue weighted by Crippen LogP contribution is 2.53.